The molecule has 0 saturated carbocycles. The second kappa shape index (κ2) is 5.93. The van der Waals surface area contributed by atoms with Crippen molar-refractivity contribution in [2.45, 2.75) is 25.1 Å². The number of alkyl halides is 1. The quantitative estimate of drug-likeness (QED) is 0.622. The first kappa shape index (κ1) is 11.4. The maximum absolute atomic E-state index is 11.3. The van der Waals surface area contributed by atoms with Crippen LogP contribution in [0.15, 0.2) is 6.20 Å². The van der Waals surface area contributed by atoms with Crippen LogP contribution in [-0.4, -0.2) is 27.4 Å². The fourth-order valence-corrected chi connectivity index (χ4v) is 1.53. The van der Waals surface area contributed by atoms with Gasteiger partial charge in [-0.2, -0.15) is 0 Å². The molecular weight excluding hydrogens is 222 g/mol. The molecule has 0 aromatic carbocycles. The zero-order chi connectivity index (χ0) is 10.4. The molecule has 0 fully saturated rings. The number of carbonyl (C=O) groups excluding carboxylic acids is 1. The topological polar surface area (TPSA) is 54.9 Å². The van der Waals surface area contributed by atoms with Crippen molar-refractivity contribution in [1.29, 1.82) is 0 Å². The van der Waals surface area contributed by atoms with Gasteiger partial charge in [-0.15, -0.1) is 16.7 Å². The Hall–Kier alpha value is -0.680. The minimum absolute atomic E-state index is 0.109. The van der Waals surface area contributed by atoms with E-state index in [0.29, 0.717) is 11.4 Å². The lowest BCUT2D eigenvalue weighted by molar-refractivity contribution is 0.0957. The molecule has 1 heterocycles. The summed E-state index contributed by atoms with van der Waals surface area (Å²) in [5.74, 6) is -0.109. The molecule has 14 heavy (non-hydrogen) atoms. The average molecular weight is 234 g/mol. The molecule has 0 aliphatic heterocycles. The van der Waals surface area contributed by atoms with E-state index >= 15 is 0 Å². The largest absolute Gasteiger partial charge is 0.351 e. The Morgan fingerprint density at radius 3 is 3.14 bits per heavy atom. The first-order valence-electron chi connectivity index (χ1n) is 4.40. The maximum atomic E-state index is 11.3. The van der Waals surface area contributed by atoms with Gasteiger partial charge in [-0.1, -0.05) is 4.49 Å². The molecule has 1 aromatic heterocycles. The molecule has 78 valence electrons. The molecule has 0 spiro atoms. The van der Waals surface area contributed by atoms with Crippen molar-refractivity contribution in [2.75, 3.05) is 6.54 Å². The van der Waals surface area contributed by atoms with Crippen molar-refractivity contribution in [2.24, 2.45) is 0 Å². The molecule has 1 N–H and O–H groups in total. The highest BCUT2D eigenvalue weighted by Crippen LogP contribution is 2.04. The van der Waals surface area contributed by atoms with Crippen LogP contribution in [0.5, 0.6) is 0 Å². The molecular formula is C8H12ClN3OS. The Balaban J connectivity index is 2.16. The van der Waals surface area contributed by atoms with Gasteiger partial charge in [0.15, 0.2) is 0 Å². The SMILES string of the molecule is CC(Cl)CCCNC(=O)c1cnns1. The third kappa shape index (κ3) is 4.02. The van der Waals surface area contributed by atoms with Gasteiger partial charge in [0.05, 0.1) is 6.20 Å². The van der Waals surface area contributed by atoms with E-state index in [4.69, 9.17) is 11.6 Å². The molecule has 1 aromatic rings. The highest BCUT2D eigenvalue weighted by molar-refractivity contribution is 7.07. The minimum Gasteiger partial charge on any atom is -0.351 e. The van der Waals surface area contributed by atoms with Crippen LogP contribution in [0.3, 0.4) is 0 Å². The van der Waals surface area contributed by atoms with Crippen LogP contribution in [0.2, 0.25) is 0 Å². The van der Waals surface area contributed by atoms with Crippen molar-refractivity contribution in [3.05, 3.63) is 11.1 Å². The second-order valence-electron chi connectivity index (χ2n) is 2.96. The first-order valence-corrected chi connectivity index (χ1v) is 5.60. The highest BCUT2D eigenvalue weighted by atomic mass is 35.5. The lowest BCUT2D eigenvalue weighted by Gasteiger charge is -2.03. The van der Waals surface area contributed by atoms with E-state index in [9.17, 15) is 4.79 Å². The van der Waals surface area contributed by atoms with Gasteiger partial charge in [0.2, 0.25) is 0 Å². The third-order valence-electron chi connectivity index (χ3n) is 1.65. The Bertz CT molecular complexity index is 276. The minimum atomic E-state index is -0.109. The third-order valence-corrected chi connectivity index (χ3v) is 2.53. The fraction of sp³-hybridized carbons (Fsp3) is 0.625. The molecule has 1 amide bonds. The molecule has 0 saturated heterocycles. The number of amides is 1. The number of nitrogens with zero attached hydrogens (tertiary/aromatic N) is 2. The highest BCUT2D eigenvalue weighted by Gasteiger charge is 2.06. The lowest BCUT2D eigenvalue weighted by Crippen LogP contribution is -2.23. The molecule has 0 radical (unpaired) electrons. The zero-order valence-corrected chi connectivity index (χ0v) is 9.44. The van der Waals surface area contributed by atoms with Gasteiger partial charge in [-0.05, 0) is 31.3 Å². The smallest absolute Gasteiger partial charge is 0.264 e. The summed E-state index contributed by atoms with van der Waals surface area (Å²) in [6.45, 7) is 2.59. The fourth-order valence-electron chi connectivity index (χ4n) is 0.940. The first-order chi connectivity index (χ1) is 6.70. The molecule has 1 unspecified atom stereocenters. The van der Waals surface area contributed by atoms with Crippen molar-refractivity contribution < 1.29 is 4.79 Å². The van der Waals surface area contributed by atoms with Crippen LogP contribution in [0.4, 0.5) is 0 Å². The van der Waals surface area contributed by atoms with E-state index < -0.39 is 0 Å². The summed E-state index contributed by atoms with van der Waals surface area (Å²) in [5.41, 5.74) is 0. The van der Waals surface area contributed by atoms with Crippen LogP contribution in [0.1, 0.15) is 29.4 Å². The molecule has 4 nitrogen and oxygen atoms in total. The lowest BCUT2D eigenvalue weighted by atomic mass is 10.2. The second-order valence-corrected chi connectivity index (χ2v) is 4.49. The van der Waals surface area contributed by atoms with E-state index in [-0.39, 0.29) is 11.3 Å². The van der Waals surface area contributed by atoms with Crippen molar-refractivity contribution in [3.63, 3.8) is 0 Å². The Kier molecular flexibility index (Phi) is 4.82. The van der Waals surface area contributed by atoms with Crippen molar-refractivity contribution in [1.82, 2.24) is 14.9 Å². The Labute approximate surface area is 91.8 Å². The van der Waals surface area contributed by atoms with E-state index in [1.165, 1.54) is 6.20 Å². The molecule has 0 aliphatic carbocycles. The van der Waals surface area contributed by atoms with Gasteiger partial charge < -0.3 is 5.32 Å². The molecule has 1 rings (SSSR count). The number of hydrogen-bond acceptors (Lipinski definition) is 4. The van der Waals surface area contributed by atoms with Gasteiger partial charge in [0.25, 0.3) is 5.91 Å². The number of carbonyl (C=O) groups is 1. The van der Waals surface area contributed by atoms with Crippen LogP contribution in [0.25, 0.3) is 0 Å². The summed E-state index contributed by atoms with van der Waals surface area (Å²) in [6.07, 6.45) is 3.26. The zero-order valence-electron chi connectivity index (χ0n) is 7.86. The van der Waals surface area contributed by atoms with E-state index in [1.54, 1.807) is 0 Å². The van der Waals surface area contributed by atoms with Gasteiger partial charge in [0, 0.05) is 11.9 Å². The number of halogens is 1. The number of rotatable bonds is 5. The summed E-state index contributed by atoms with van der Waals surface area (Å²) in [6, 6.07) is 0. The molecule has 0 aliphatic rings. The van der Waals surface area contributed by atoms with Crippen LogP contribution < -0.4 is 5.32 Å². The number of aromatic nitrogens is 2. The van der Waals surface area contributed by atoms with E-state index in [0.717, 1.165) is 24.4 Å². The van der Waals surface area contributed by atoms with E-state index in [2.05, 4.69) is 14.9 Å². The van der Waals surface area contributed by atoms with E-state index in [1.807, 2.05) is 6.92 Å². The summed E-state index contributed by atoms with van der Waals surface area (Å²) in [7, 11) is 0. The Morgan fingerprint density at radius 2 is 2.57 bits per heavy atom. The maximum Gasteiger partial charge on any atom is 0.264 e. The monoisotopic (exact) mass is 233 g/mol. The summed E-state index contributed by atoms with van der Waals surface area (Å²) in [5, 5.41) is 6.52. The van der Waals surface area contributed by atoms with Crippen LogP contribution in [0, 0.1) is 0 Å². The van der Waals surface area contributed by atoms with Gasteiger partial charge in [-0.3, -0.25) is 4.79 Å². The predicted molar refractivity (Wildman–Crippen MR) is 56.8 cm³/mol. The Morgan fingerprint density at radius 1 is 1.79 bits per heavy atom. The van der Waals surface area contributed by atoms with Gasteiger partial charge in [-0.25, -0.2) is 0 Å². The van der Waals surface area contributed by atoms with Crippen molar-refractivity contribution in [3.8, 4) is 0 Å². The normalized spacial score (nSPS) is 12.4. The molecule has 1 atom stereocenters. The van der Waals surface area contributed by atoms with Crippen LogP contribution >= 0.6 is 23.1 Å². The standard InChI is InChI=1S/C8H12ClN3OS/c1-6(9)3-2-4-10-8(13)7-5-11-12-14-7/h5-6H,2-4H2,1H3,(H,10,13). The van der Waals surface area contributed by atoms with Gasteiger partial charge in [0.1, 0.15) is 4.88 Å². The van der Waals surface area contributed by atoms with Crippen molar-refractivity contribution >= 4 is 29.0 Å². The molecule has 0 bridgehead atoms. The predicted octanol–water partition coefficient (Wildman–Crippen LogP) is 1.68. The average Bonchev–Trinajstić information content (AvgIpc) is 2.64. The molecule has 6 heteroatoms. The summed E-state index contributed by atoms with van der Waals surface area (Å²) >= 11 is 6.86. The number of hydrogen-bond donors (Lipinski definition) is 1. The van der Waals surface area contributed by atoms with Crippen LogP contribution in [-0.2, 0) is 0 Å². The number of nitrogens with one attached hydrogen (secondary N) is 1. The summed E-state index contributed by atoms with van der Waals surface area (Å²) < 4.78 is 3.61. The summed E-state index contributed by atoms with van der Waals surface area (Å²) in [4.78, 5) is 11.9. The van der Waals surface area contributed by atoms with Gasteiger partial charge >= 0.3 is 0 Å².